The molecule has 3 nitrogen and oxygen atoms in total. The summed E-state index contributed by atoms with van der Waals surface area (Å²) >= 11 is 0. The van der Waals surface area contributed by atoms with Crippen LogP contribution in [0.1, 0.15) is 12.5 Å². The lowest BCUT2D eigenvalue weighted by molar-refractivity contribution is -0.136. The van der Waals surface area contributed by atoms with E-state index in [1.54, 1.807) is 0 Å². The van der Waals surface area contributed by atoms with E-state index in [-0.39, 0.29) is 6.42 Å². The zero-order valence-corrected chi connectivity index (χ0v) is 8.81. The van der Waals surface area contributed by atoms with E-state index in [2.05, 4.69) is 11.8 Å². The van der Waals surface area contributed by atoms with Gasteiger partial charge in [-0.3, -0.25) is 4.79 Å². The minimum absolute atomic E-state index is 0.108. The molecule has 1 aromatic rings. The molecule has 2 rings (SSSR count). The van der Waals surface area contributed by atoms with E-state index in [0.29, 0.717) is 0 Å². The van der Waals surface area contributed by atoms with Crippen LogP contribution in [0.4, 0.5) is 5.69 Å². The highest BCUT2D eigenvalue weighted by atomic mass is 16.4. The Labute approximate surface area is 89.3 Å². The van der Waals surface area contributed by atoms with Gasteiger partial charge in [-0.25, -0.2) is 0 Å². The first-order chi connectivity index (χ1) is 7.15. The second-order valence-electron chi connectivity index (χ2n) is 4.25. The van der Waals surface area contributed by atoms with Gasteiger partial charge in [0.25, 0.3) is 0 Å². The Balaban J connectivity index is 2.09. The van der Waals surface area contributed by atoms with Gasteiger partial charge < -0.3 is 10.0 Å². The van der Waals surface area contributed by atoms with Crippen molar-refractivity contribution in [2.24, 2.45) is 5.92 Å². The summed E-state index contributed by atoms with van der Waals surface area (Å²) < 4.78 is 0. The van der Waals surface area contributed by atoms with Crippen LogP contribution in [0, 0.1) is 5.92 Å². The lowest BCUT2D eigenvalue weighted by atomic mass is 10.0. The van der Waals surface area contributed by atoms with Gasteiger partial charge in [-0.15, -0.1) is 0 Å². The molecule has 3 heteroatoms. The Morgan fingerprint density at radius 3 is 2.87 bits per heavy atom. The van der Waals surface area contributed by atoms with Crippen LogP contribution in [-0.2, 0) is 11.2 Å². The number of nitrogens with zero attached hydrogens (tertiary/aromatic N) is 1. The van der Waals surface area contributed by atoms with Gasteiger partial charge in [0.1, 0.15) is 0 Å². The largest absolute Gasteiger partial charge is 0.481 e. The fraction of sp³-hybridized carbons (Fsp3) is 0.417. The molecule has 0 unspecified atom stereocenters. The maximum atomic E-state index is 10.6. The van der Waals surface area contributed by atoms with Gasteiger partial charge >= 0.3 is 5.97 Å². The van der Waals surface area contributed by atoms with Crippen molar-refractivity contribution in [1.29, 1.82) is 0 Å². The van der Waals surface area contributed by atoms with Crippen LogP contribution >= 0.6 is 0 Å². The van der Waals surface area contributed by atoms with E-state index in [4.69, 9.17) is 5.11 Å². The SMILES string of the molecule is CC1CN(c2cccc(CC(=O)O)c2)C1. The maximum absolute atomic E-state index is 10.6. The number of carbonyl (C=O) groups is 1. The van der Waals surface area contributed by atoms with Crippen molar-refractivity contribution in [3.8, 4) is 0 Å². The van der Waals surface area contributed by atoms with E-state index in [1.165, 1.54) is 0 Å². The highest BCUT2D eigenvalue weighted by Crippen LogP contribution is 2.24. The Morgan fingerprint density at radius 1 is 1.53 bits per heavy atom. The van der Waals surface area contributed by atoms with Crippen LogP contribution in [0.2, 0.25) is 0 Å². The molecule has 0 spiro atoms. The van der Waals surface area contributed by atoms with Gasteiger partial charge in [0, 0.05) is 18.8 Å². The number of benzene rings is 1. The molecule has 1 aliphatic rings. The molecule has 0 aromatic heterocycles. The normalized spacial score (nSPS) is 16.2. The first kappa shape index (κ1) is 10.0. The predicted octanol–water partition coefficient (Wildman–Crippen LogP) is 1.77. The number of hydrogen-bond acceptors (Lipinski definition) is 2. The molecule has 0 saturated carbocycles. The van der Waals surface area contributed by atoms with Crippen LogP contribution in [-0.4, -0.2) is 24.2 Å². The molecule has 80 valence electrons. The molecule has 1 fully saturated rings. The average Bonchev–Trinajstić information content (AvgIpc) is 2.12. The highest BCUT2D eigenvalue weighted by Gasteiger charge is 2.22. The molecule has 1 saturated heterocycles. The lowest BCUT2D eigenvalue weighted by Crippen LogP contribution is -2.45. The fourth-order valence-electron chi connectivity index (χ4n) is 1.95. The lowest BCUT2D eigenvalue weighted by Gasteiger charge is -2.39. The summed E-state index contributed by atoms with van der Waals surface area (Å²) in [5.74, 6) is -0.0164. The molecule has 15 heavy (non-hydrogen) atoms. The van der Waals surface area contributed by atoms with Crippen molar-refractivity contribution in [2.75, 3.05) is 18.0 Å². The third-order valence-electron chi connectivity index (χ3n) is 2.70. The van der Waals surface area contributed by atoms with Crippen molar-refractivity contribution in [3.05, 3.63) is 29.8 Å². The van der Waals surface area contributed by atoms with E-state index >= 15 is 0 Å². The van der Waals surface area contributed by atoms with Crippen LogP contribution < -0.4 is 4.90 Å². The summed E-state index contributed by atoms with van der Waals surface area (Å²) in [5, 5.41) is 8.70. The molecule has 0 bridgehead atoms. The molecule has 1 aromatic carbocycles. The quantitative estimate of drug-likeness (QED) is 0.817. The van der Waals surface area contributed by atoms with Gasteiger partial charge in [0.05, 0.1) is 6.42 Å². The van der Waals surface area contributed by atoms with Gasteiger partial charge in [-0.1, -0.05) is 19.1 Å². The molecule has 1 heterocycles. The van der Waals surface area contributed by atoms with E-state index < -0.39 is 5.97 Å². The summed E-state index contributed by atoms with van der Waals surface area (Å²) in [5.41, 5.74) is 2.02. The van der Waals surface area contributed by atoms with Gasteiger partial charge in [-0.2, -0.15) is 0 Å². The Morgan fingerprint density at radius 2 is 2.27 bits per heavy atom. The molecule has 0 amide bonds. The summed E-state index contributed by atoms with van der Waals surface area (Å²) in [7, 11) is 0. The fourth-order valence-corrected chi connectivity index (χ4v) is 1.95. The first-order valence-electron chi connectivity index (χ1n) is 5.21. The van der Waals surface area contributed by atoms with Gasteiger partial charge in [0.2, 0.25) is 0 Å². The summed E-state index contributed by atoms with van der Waals surface area (Å²) in [6, 6.07) is 7.80. The molecule has 0 atom stereocenters. The highest BCUT2D eigenvalue weighted by molar-refractivity contribution is 5.71. The summed E-state index contributed by atoms with van der Waals surface area (Å²) in [6.45, 7) is 4.38. The first-order valence-corrected chi connectivity index (χ1v) is 5.21. The van der Waals surface area contributed by atoms with Crippen LogP contribution in [0.5, 0.6) is 0 Å². The number of anilines is 1. The Bertz CT molecular complexity index is 370. The molecule has 1 aliphatic heterocycles. The third kappa shape index (κ3) is 2.29. The zero-order valence-electron chi connectivity index (χ0n) is 8.81. The summed E-state index contributed by atoms with van der Waals surface area (Å²) in [6.07, 6.45) is 0.108. The van der Waals surface area contributed by atoms with E-state index in [9.17, 15) is 4.79 Å². The molecular formula is C12H15NO2. The van der Waals surface area contributed by atoms with Crippen molar-refractivity contribution in [3.63, 3.8) is 0 Å². The van der Waals surface area contributed by atoms with Gasteiger partial charge in [0.15, 0.2) is 0 Å². The molecular weight excluding hydrogens is 190 g/mol. The minimum Gasteiger partial charge on any atom is -0.481 e. The average molecular weight is 205 g/mol. The number of aliphatic carboxylic acids is 1. The zero-order chi connectivity index (χ0) is 10.8. The molecule has 0 radical (unpaired) electrons. The van der Waals surface area contributed by atoms with Crippen molar-refractivity contribution in [1.82, 2.24) is 0 Å². The Kier molecular flexibility index (Phi) is 2.62. The van der Waals surface area contributed by atoms with Crippen molar-refractivity contribution in [2.45, 2.75) is 13.3 Å². The second-order valence-corrected chi connectivity index (χ2v) is 4.25. The van der Waals surface area contributed by atoms with E-state index in [1.807, 2.05) is 24.3 Å². The van der Waals surface area contributed by atoms with Crippen molar-refractivity contribution >= 4 is 11.7 Å². The standard InChI is InChI=1S/C12H15NO2/c1-9-7-13(8-9)11-4-2-3-10(5-11)6-12(14)15/h2-5,9H,6-8H2,1H3,(H,14,15). The monoisotopic (exact) mass is 205 g/mol. The third-order valence-corrected chi connectivity index (χ3v) is 2.70. The van der Waals surface area contributed by atoms with Gasteiger partial charge in [-0.05, 0) is 23.6 Å². The Hall–Kier alpha value is -1.51. The number of rotatable bonds is 3. The predicted molar refractivity (Wildman–Crippen MR) is 59.2 cm³/mol. The topological polar surface area (TPSA) is 40.5 Å². The molecule has 0 aliphatic carbocycles. The van der Waals surface area contributed by atoms with E-state index in [0.717, 1.165) is 30.3 Å². The van der Waals surface area contributed by atoms with Crippen molar-refractivity contribution < 1.29 is 9.90 Å². The van der Waals surface area contributed by atoms with Crippen LogP contribution in [0.15, 0.2) is 24.3 Å². The summed E-state index contributed by atoms with van der Waals surface area (Å²) in [4.78, 5) is 12.8. The van der Waals surface area contributed by atoms with Crippen LogP contribution in [0.25, 0.3) is 0 Å². The smallest absolute Gasteiger partial charge is 0.307 e. The number of carboxylic acids is 1. The maximum Gasteiger partial charge on any atom is 0.307 e. The minimum atomic E-state index is -0.774. The number of hydrogen-bond donors (Lipinski definition) is 1. The van der Waals surface area contributed by atoms with Crippen LogP contribution in [0.3, 0.4) is 0 Å². The second kappa shape index (κ2) is 3.93. The molecule has 1 N–H and O–H groups in total. The number of carboxylic acid groups (broad SMARTS) is 1.